The lowest BCUT2D eigenvalue weighted by atomic mass is 9.99. The van der Waals surface area contributed by atoms with Crippen molar-refractivity contribution in [3.63, 3.8) is 0 Å². The van der Waals surface area contributed by atoms with Crippen molar-refractivity contribution in [1.29, 1.82) is 0 Å². The molecular formula is C13H18O2. The molecule has 0 aliphatic carbocycles. The van der Waals surface area contributed by atoms with Gasteiger partial charge in [0.05, 0.1) is 6.61 Å². The summed E-state index contributed by atoms with van der Waals surface area (Å²) in [6, 6.07) is 3.66. The van der Waals surface area contributed by atoms with Gasteiger partial charge in [-0.1, -0.05) is 13.8 Å². The molecule has 2 rings (SSSR count). The molecule has 1 aliphatic heterocycles. The normalized spacial score (nSPS) is 14.1. The maximum Gasteiger partial charge on any atom is 0.126 e. The fourth-order valence-corrected chi connectivity index (χ4v) is 2.00. The van der Waals surface area contributed by atoms with Crippen LogP contribution in [0.2, 0.25) is 0 Å². The van der Waals surface area contributed by atoms with E-state index >= 15 is 0 Å². The lowest BCUT2D eigenvalue weighted by Crippen LogP contribution is -1.95. The van der Waals surface area contributed by atoms with Gasteiger partial charge in [0.2, 0.25) is 0 Å². The molecule has 0 spiro atoms. The minimum atomic E-state index is 0.373. The third-order valence-corrected chi connectivity index (χ3v) is 2.84. The van der Waals surface area contributed by atoms with E-state index in [1.807, 2.05) is 12.1 Å². The summed E-state index contributed by atoms with van der Waals surface area (Å²) in [6.45, 7) is 5.18. The van der Waals surface area contributed by atoms with Gasteiger partial charge in [-0.2, -0.15) is 0 Å². The highest BCUT2D eigenvalue weighted by Gasteiger charge is 2.17. The van der Waals surface area contributed by atoms with E-state index in [4.69, 9.17) is 4.74 Å². The van der Waals surface area contributed by atoms with Gasteiger partial charge in [-0.3, -0.25) is 0 Å². The molecule has 82 valence electrons. The Hall–Kier alpha value is -1.18. The Balaban J connectivity index is 2.22. The highest BCUT2D eigenvalue weighted by Crippen LogP contribution is 2.34. The fourth-order valence-electron chi connectivity index (χ4n) is 2.00. The van der Waals surface area contributed by atoms with Gasteiger partial charge in [-0.05, 0) is 36.5 Å². The maximum absolute atomic E-state index is 9.59. The molecule has 2 nitrogen and oxygen atoms in total. The molecule has 1 N–H and O–H groups in total. The molecule has 0 saturated heterocycles. The molecule has 0 fully saturated rings. The first kappa shape index (κ1) is 10.3. The summed E-state index contributed by atoms with van der Waals surface area (Å²) < 4.78 is 5.61. The van der Waals surface area contributed by atoms with Gasteiger partial charge in [-0.25, -0.2) is 0 Å². The zero-order valence-corrected chi connectivity index (χ0v) is 9.42. The average Bonchev–Trinajstić information content (AvgIpc) is 2.61. The summed E-state index contributed by atoms with van der Waals surface area (Å²) in [7, 11) is 0. The SMILES string of the molecule is CC(C)CCc1cc(O)cc2c1OCC2. The second-order valence-corrected chi connectivity index (χ2v) is 4.62. The lowest BCUT2D eigenvalue weighted by Gasteiger charge is -2.10. The van der Waals surface area contributed by atoms with Crippen molar-refractivity contribution < 1.29 is 9.84 Å². The van der Waals surface area contributed by atoms with Crippen molar-refractivity contribution in [2.24, 2.45) is 5.92 Å². The van der Waals surface area contributed by atoms with Gasteiger partial charge in [-0.15, -0.1) is 0 Å². The summed E-state index contributed by atoms with van der Waals surface area (Å²) in [6.07, 6.45) is 3.06. The molecule has 0 bridgehead atoms. The Morgan fingerprint density at radius 3 is 2.93 bits per heavy atom. The van der Waals surface area contributed by atoms with Crippen molar-refractivity contribution >= 4 is 0 Å². The van der Waals surface area contributed by atoms with Gasteiger partial charge in [0.25, 0.3) is 0 Å². The molecule has 0 unspecified atom stereocenters. The minimum Gasteiger partial charge on any atom is -0.508 e. The van der Waals surface area contributed by atoms with Crippen LogP contribution in [0.5, 0.6) is 11.5 Å². The number of benzene rings is 1. The van der Waals surface area contributed by atoms with Crippen LogP contribution in [0.1, 0.15) is 31.4 Å². The molecule has 0 aromatic heterocycles. The van der Waals surface area contributed by atoms with Crippen molar-refractivity contribution in [1.82, 2.24) is 0 Å². The first-order chi connectivity index (χ1) is 7.16. The Morgan fingerprint density at radius 1 is 1.40 bits per heavy atom. The quantitative estimate of drug-likeness (QED) is 0.824. The Labute approximate surface area is 90.9 Å². The Morgan fingerprint density at radius 2 is 2.20 bits per heavy atom. The molecule has 1 aromatic carbocycles. The monoisotopic (exact) mass is 206 g/mol. The molecule has 0 saturated carbocycles. The Bertz CT molecular complexity index is 356. The van der Waals surface area contributed by atoms with Crippen LogP contribution < -0.4 is 4.74 Å². The Kier molecular flexibility index (Phi) is 2.85. The molecule has 2 heteroatoms. The number of ether oxygens (including phenoxy) is 1. The summed E-state index contributed by atoms with van der Waals surface area (Å²) in [4.78, 5) is 0. The van der Waals surface area contributed by atoms with Crippen LogP contribution in [-0.2, 0) is 12.8 Å². The highest BCUT2D eigenvalue weighted by molar-refractivity contribution is 5.48. The summed E-state index contributed by atoms with van der Waals surface area (Å²) >= 11 is 0. The van der Waals surface area contributed by atoms with Crippen LogP contribution in [0.15, 0.2) is 12.1 Å². The van der Waals surface area contributed by atoms with Crippen LogP contribution >= 0.6 is 0 Å². The van der Waals surface area contributed by atoms with E-state index in [1.165, 1.54) is 0 Å². The predicted octanol–water partition coefficient (Wildman–Crippen LogP) is 2.92. The third-order valence-electron chi connectivity index (χ3n) is 2.84. The highest BCUT2D eigenvalue weighted by atomic mass is 16.5. The van der Waals surface area contributed by atoms with Crippen LogP contribution in [0, 0.1) is 5.92 Å². The zero-order chi connectivity index (χ0) is 10.8. The van der Waals surface area contributed by atoms with Crippen molar-refractivity contribution in [3.05, 3.63) is 23.3 Å². The first-order valence-electron chi connectivity index (χ1n) is 5.64. The van der Waals surface area contributed by atoms with Crippen LogP contribution in [-0.4, -0.2) is 11.7 Å². The lowest BCUT2D eigenvalue weighted by molar-refractivity contribution is 0.352. The van der Waals surface area contributed by atoms with Gasteiger partial charge >= 0.3 is 0 Å². The van der Waals surface area contributed by atoms with E-state index in [2.05, 4.69) is 13.8 Å². The van der Waals surface area contributed by atoms with E-state index < -0.39 is 0 Å². The van der Waals surface area contributed by atoms with E-state index in [0.29, 0.717) is 11.7 Å². The standard InChI is InChI=1S/C13H18O2/c1-9(2)3-4-10-7-12(14)8-11-5-6-15-13(10)11/h7-9,14H,3-6H2,1-2H3. The fraction of sp³-hybridized carbons (Fsp3) is 0.538. The minimum absolute atomic E-state index is 0.373. The first-order valence-corrected chi connectivity index (χ1v) is 5.64. The van der Waals surface area contributed by atoms with Crippen LogP contribution in [0.3, 0.4) is 0 Å². The van der Waals surface area contributed by atoms with E-state index in [-0.39, 0.29) is 0 Å². The number of hydrogen-bond donors (Lipinski definition) is 1. The summed E-state index contributed by atoms with van der Waals surface area (Å²) in [5.74, 6) is 2.08. The zero-order valence-electron chi connectivity index (χ0n) is 9.42. The van der Waals surface area contributed by atoms with E-state index in [9.17, 15) is 5.11 Å². The second kappa shape index (κ2) is 4.13. The van der Waals surface area contributed by atoms with E-state index in [0.717, 1.165) is 42.7 Å². The maximum atomic E-state index is 9.59. The number of phenolic OH excluding ortho intramolecular Hbond substituents is 1. The molecule has 1 heterocycles. The van der Waals surface area contributed by atoms with Crippen LogP contribution in [0.4, 0.5) is 0 Å². The molecule has 1 aromatic rings. The molecular weight excluding hydrogens is 188 g/mol. The van der Waals surface area contributed by atoms with Gasteiger partial charge < -0.3 is 9.84 Å². The number of rotatable bonds is 3. The summed E-state index contributed by atoms with van der Waals surface area (Å²) in [5.41, 5.74) is 2.32. The molecule has 0 amide bonds. The number of fused-ring (bicyclic) bond motifs is 1. The van der Waals surface area contributed by atoms with Crippen molar-refractivity contribution in [3.8, 4) is 11.5 Å². The van der Waals surface area contributed by atoms with Crippen molar-refractivity contribution in [2.45, 2.75) is 33.1 Å². The van der Waals surface area contributed by atoms with Crippen molar-refractivity contribution in [2.75, 3.05) is 6.61 Å². The van der Waals surface area contributed by atoms with Gasteiger partial charge in [0.15, 0.2) is 0 Å². The topological polar surface area (TPSA) is 29.5 Å². The van der Waals surface area contributed by atoms with Crippen LogP contribution in [0.25, 0.3) is 0 Å². The number of aryl methyl sites for hydroxylation is 1. The van der Waals surface area contributed by atoms with E-state index in [1.54, 1.807) is 0 Å². The summed E-state index contributed by atoms with van der Waals surface area (Å²) in [5, 5.41) is 9.59. The molecule has 0 atom stereocenters. The predicted molar refractivity (Wildman–Crippen MR) is 60.5 cm³/mol. The number of hydrogen-bond acceptors (Lipinski definition) is 2. The third kappa shape index (κ3) is 2.25. The smallest absolute Gasteiger partial charge is 0.126 e. The second-order valence-electron chi connectivity index (χ2n) is 4.62. The number of aromatic hydroxyl groups is 1. The largest absolute Gasteiger partial charge is 0.508 e. The van der Waals surface area contributed by atoms with Gasteiger partial charge in [0.1, 0.15) is 11.5 Å². The molecule has 15 heavy (non-hydrogen) atoms. The molecule has 0 radical (unpaired) electrons. The number of phenols is 1. The van der Waals surface area contributed by atoms with Gasteiger partial charge in [0, 0.05) is 12.0 Å². The average molecular weight is 206 g/mol. The molecule has 1 aliphatic rings.